The summed E-state index contributed by atoms with van der Waals surface area (Å²) in [6.45, 7) is 0.636. The van der Waals surface area contributed by atoms with Crippen molar-refractivity contribution in [2.75, 3.05) is 6.61 Å². The van der Waals surface area contributed by atoms with E-state index in [2.05, 4.69) is 10.0 Å². The summed E-state index contributed by atoms with van der Waals surface area (Å²) >= 11 is 5.82. The largest absolute Gasteiger partial charge is 0.374 e. The van der Waals surface area contributed by atoms with Crippen LogP contribution in [0.5, 0.6) is 0 Å². The lowest BCUT2D eigenvalue weighted by Gasteiger charge is -2.27. The summed E-state index contributed by atoms with van der Waals surface area (Å²) in [7, 11) is 0. The van der Waals surface area contributed by atoms with Gasteiger partial charge in [-0.1, -0.05) is 28.8 Å². The molecule has 0 unspecified atom stereocenters. The number of nitrogens with zero attached hydrogens (tertiary/aromatic N) is 3. The standard InChI is InChI=1S/C11H12ClN3O/c12-9-3-1-8(2-4-9)11-7-10(14-15-13)5-6-16-11/h1-4,10-11H,5-7H2/t10-,11+/m0/s1. The molecule has 1 fully saturated rings. The van der Waals surface area contributed by atoms with Crippen LogP contribution in [-0.4, -0.2) is 12.6 Å². The normalized spacial score (nSPS) is 24.8. The fourth-order valence-corrected chi connectivity index (χ4v) is 1.99. The van der Waals surface area contributed by atoms with Crippen molar-refractivity contribution >= 4 is 11.6 Å². The van der Waals surface area contributed by atoms with Crippen LogP contribution in [0, 0.1) is 0 Å². The molecular formula is C11H12ClN3O. The Balaban J connectivity index is 2.09. The average molecular weight is 238 g/mol. The Bertz CT molecular complexity index is 400. The zero-order valence-corrected chi connectivity index (χ0v) is 9.47. The van der Waals surface area contributed by atoms with E-state index in [9.17, 15) is 0 Å². The second kappa shape index (κ2) is 5.21. The lowest BCUT2D eigenvalue weighted by molar-refractivity contribution is 0.00675. The van der Waals surface area contributed by atoms with E-state index in [0.29, 0.717) is 11.6 Å². The number of hydrogen-bond donors (Lipinski definition) is 0. The maximum Gasteiger partial charge on any atom is 0.0828 e. The van der Waals surface area contributed by atoms with Crippen molar-refractivity contribution in [3.05, 3.63) is 45.3 Å². The molecule has 0 bridgehead atoms. The molecule has 0 aromatic heterocycles. The van der Waals surface area contributed by atoms with E-state index in [1.165, 1.54) is 0 Å². The smallest absolute Gasteiger partial charge is 0.0828 e. The Labute approximate surface area is 98.8 Å². The van der Waals surface area contributed by atoms with Gasteiger partial charge in [0, 0.05) is 22.6 Å². The van der Waals surface area contributed by atoms with Gasteiger partial charge in [0.1, 0.15) is 0 Å². The molecule has 4 nitrogen and oxygen atoms in total. The van der Waals surface area contributed by atoms with Crippen molar-refractivity contribution < 1.29 is 4.74 Å². The van der Waals surface area contributed by atoms with Gasteiger partial charge in [-0.05, 0) is 36.1 Å². The van der Waals surface area contributed by atoms with Crippen LogP contribution >= 0.6 is 11.6 Å². The molecule has 1 heterocycles. The number of hydrogen-bond acceptors (Lipinski definition) is 2. The minimum Gasteiger partial charge on any atom is -0.374 e. The van der Waals surface area contributed by atoms with Gasteiger partial charge in [-0.3, -0.25) is 0 Å². The predicted octanol–water partition coefficient (Wildman–Crippen LogP) is 3.87. The molecule has 0 spiro atoms. The van der Waals surface area contributed by atoms with E-state index in [0.717, 1.165) is 18.4 Å². The fraction of sp³-hybridized carbons (Fsp3) is 0.455. The summed E-state index contributed by atoms with van der Waals surface area (Å²) < 4.78 is 5.65. The molecule has 1 aromatic rings. The lowest BCUT2D eigenvalue weighted by Crippen LogP contribution is -2.21. The number of ether oxygens (including phenoxy) is 1. The average Bonchev–Trinajstić information content (AvgIpc) is 2.31. The first-order chi connectivity index (χ1) is 7.79. The van der Waals surface area contributed by atoms with E-state index in [4.69, 9.17) is 21.9 Å². The second-order valence-corrected chi connectivity index (χ2v) is 4.23. The quantitative estimate of drug-likeness (QED) is 0.438. The van der Waals surface area contributed by atoms with Crippen LogP contribution in [0.3, 0.4) is 0 Å². The highest BCUT2D eigenvalue weighted by Crippen LogP contribution is 2.30. The van der Waals surface area contributed by atoms with Gasteiger partial charge in [0.25, 0.3) is 0 Å². The van der Waals surface area contributed by atoms with Crippen molar-refractivity contribution in [2.45, 2.75) is 25.0 Å². The molecule has 16 heavy (non-hydrogen) atoms. The lowest BCUT2D eigenvalue weighted by atomic mass is 9.98. The zero-order chi connectivity index (χ0) is 11.4. The van der Waals surface area contributed by atoms with Crippen molar-refractivity contribution in [2.24, 2.45) is 5.11 Å². The highest BCUT2D eigenvalue weighted by molar-refractivity contribution is 6.30. The molecular weight excluding hydrogens is 226 g/mol. The highest BCUT2D eigenvalue weighted by Gasteiger charge is 2.22. The summed E-state index contributed by atoms with van der Waals surface area (Å²) in [6, 6.07) is 7.63. The maximum atomic E-state index is 8.41. The van der Waals surface area contributed by atoms with Crippen LogP contribution in [0.4, 0.5) is 0 Å². The summed E-state index contributed by atoms with van der Waals surface area (Å²) in [5.41, 5.74) is 9.50. The summed E-state index contributed by atoms with van der Waals surface area (Å²) in [5.74, 6) is 0. The topological polar surface area (TPSA) is 58.0 Å². The van der Waals surface area contributed by atoms with E-state index < -0.39 is 0 Å². The van der Waals surface area contributed by atoms with Gasteiger partial charge in [0.15, 0.2) is 0 Å². The minimum absolute atomic E-state index is 0.0153. The Morgan fingerprint density at radius 2 is 2.12 bits per heavy atom. The van der Waals surface area contributed by atoms with Gasteiger partial charge in [0.05, 0.1) is 6.10 Å². The number of benzene rings is 1. The van der Waals surface area contributed by atoms with Crippen LogP contribution < -0.4 is 0 Å². The van der Waals surface area contributed by atoms with Crippen LogP contribution in [0.15, 0.2) is 29.4 Å². The first-order valence-electron chi connectivity index (χ1n) is 5.21. The van der Waals surface area contributed by atoms with Crippen LogP contribution in [0.2, 0.25) is 5.02 Å². The third-order valence-electron chi connectivity index (χ3n) is 2.71. The molecule has 0 amide bonds. The number of halogens is 1. The van der Waals surface area contributed by atoms with E-state index in [1.54, 1.807) is 0 Å². The van der Waals surface area contributed by atoms with Gasteiger partial charge in [-0.25, -0.2) is 0 Å². The Kier molecular flexibility index (Phi) is 3.67. The molecule has 0 aliphatic carbocycles. The van der Waals surface area contributed by atoms with E-state index in [1.807, 2.05) is 24.3 Å². The summed E-state index contributed by atoms with van der Waals surface area (Å²) in [4.78, 5) is 2.85. The Hall–Kier alpha value is -1.22. The molecule has 5 heteroatoms. The van der Waals surface area contributed by atoms with Crippen molar-refractivity contribution in [3.8, 4) is 0 Å². The molecule has 0 N–H and O–H groups in total. The zero-order valence-electron chi connectivity index (χ0n) is 8.71. The van der Waals surface area contributed by atoms with Crippen molar-refractivity contribution in [1.29, 1.82) is 0 Å². The van der Waals surface area contributed by atoms with Crippen LogP contribution in [0.25, 0.3) is 10.4 Å². The van der Waals surface area contributed by atoms with Gasteiger partial charge in [0.2, 0.25) is 0 Å². The van der Waals surface area contributed by atoms with Gasteiger partial charge in [-0.2, -0.15) is 0 Å². The van der Waals surface area contributed by atoms with Gasteiger partial charge < -0.3 is 4.74 Å². The van der Waals surface area contributed by atoms with E-state index >= 15 is 0 Å². The second-order valence-electron chi connectivity index (χ2n) is 3.79. The third kappa shape index (κ3) is 2.67. The van der Waals surface area contributed by atoms with Gasteiger partial charge >= 0.3 is 0 Å². The SMILES string of the molecule is [N-]=[N+]=N[C@H]1CCO[C@@H](c2ccc(Cl)cc2)C1. The van der Waals surface area contributed by atoms with Crippen molar-refractivity contribution in [1.82, 2.24) is 0 Å². The van der Waals surface area contributed by atoms with Gasteiger partial charge in [-0.15, -0.1) is 0 Å². The van der Waals surface area contributed by atoms with E-state index in [-0.39, 0.29) is 12.1 Å². The van der Waals surface area contributed by atoms with Crippen LogP contribution in [-0.2, 0) is 4.74 Å². The molecule has 1 aliphatic heterocycles. The summed E-state index contributed by atoms with van der Waals surface area (Å²) in [5, 5.41) is 4.47. The molecule has 0 radical (unpaired) electrons. The Morgan fingerprint density at radius 3 is 2.81 bits per heavy atom. The highest BCUT2D eigenvalue weighted by atomic mass is 35.5. The van der Waals surface area contributed by atoms with Crippen LogP contribution in [0.1, 0.15) is 24.5 Å². The molecule has 1 aliphatic rings. The first-order valence-corrected chi connectivity index (χ1v) is 5.58. The number of rotatable bonds is 2. The number of azide groups is 1. The summed E-state index contributed by atoms with van der Waals surface area (Å²) in [6.07, 6.45) is 1.56. The maximum absolute atomic E-state index is 8.41. The molecule has 1 saturated heterocycles. The first kappa shape index (κ1) is 11.3. The minimum atomic E-state index is 0.0153. The fourth-order valence-electron chi connectivity index (χ4n) is 1.87. The monoisotopic (exact) mass is 237 g/mol. The molecule has 2 rings (SSSR count). The predicted molar refractivity (Wildman–Crippen MR) is 62.3 cm³/mol. The van der Waals surface area contributed by atoms with Crippen molar-refractivity contribution in [3.63, 3.8) is 0 Å². The molecule has 0 saturated carbocycles. The molecule has 2 atom stereocenters. The molecule has 1 aromatic carbocycles. The Morgan fingerprint density at radius 1 is 1.38 bits per heavy atom. The third-order valence-corrected chi connectivity index (χ3v) is 2.96. The molecule has 84 valence electrons.